The molecular formula is C59H112O2. The van der Waals surface area contributed by atoms with Crippen molar-refractivity contribution in [2.75, 3.05) is 6.61 Å². The second-order valence-electron chi connectivity index (χ2n) is 22.7. The summed E-state index contributed by atoms with van der Waals surface area (Å²) in [6, 6.07) is 0. The number of carbonyl (C=O) groups excluding carboxylic acids is 1. The molecular weight excluding hydrogens is 741 g/mol. The van der Waals surface area contributed by atoms with Crippen LogP contribution in [0.5, 0.6) is 0 Å². The van der Waals surface area contributed by atoms with Gasteiger partial charge in [0.2, 0.25) is 0 Å². The molecule has 0 N–H and O–H groups in total. The number of hydrogen-bond donors (Lipinski definition) is 0. The van der Waals surface area contributed by atoms with Crippen molar-refractivity contribution in [2.24, 2.45) is 40.4 Å². The van der Waals surface area contributed by atoms with Gasteiger partial charge in [-0.15, -0.1) is 0 Å². The molecule has 5 unspecified atom stereocenters. The Kier molecular flexibility index (Phi) is 31.2. The fourth-order valence-electron chi connectivity index (χ4n) is 13.7. The Labute approximate surface area is 384 Å². The highest BCUT2D eigenvalue weighted by atomic mass is 16.5. The molecule has 0 amide bonds. The van der Waals surface area contributed by atoms with E-state index in [0.717, 1.165) is 18.8 Å². The lowest BCUT2D eigenvalue weighted by Gasteiger charge is -2.50. The molecule has 4 aliphatic rings. The van der Waals surface area contributed by atoms with Gasteiger partial charge in [-0.25, -0.2) is 0 Å². The molecule has 5 atom stereocenters. The quantitative estimate of drug-likeness (QED) is 0.0457. The zero-order valence-corrected chi connectivity index (χ0v) is 42.7. The maximum atomic E-state index is 15.6. The molecule has 61 heavy (non-hydrogen) atoms. The first-order valence-corrected chi connectivity index (χ1v) is 29.1. The molecule has 3 aliphatic carbocycles. The van der Waals surface area contributed by atoms with Gasteiger partial charge in [0.15, 0.2) is 0 Å². The standard InChI is InChI=1S/C59H112O2/c1-6-11-16-21-26-27-28-33-38-43-56-44-52(39-34-29-22-17-12-7-2)45-58-46-53(40-35-30-23-18-13-8-3)49-59(56,50-54(47-58)41-36-31-24-19-14-9-4)57(60)61-51-55(48-58)42-37-32-25-20-15-10-5/h52-56H,6-51H2,1-5H3. The highest BCUT2D eigenvalue weighted by Crippen LogP contribution is 2.61. The van der Waals surface area contributed by atoms with E-state index in [1.165, 1.54) is 276 Å². The molecule has 0 radical (unpaired) electrons. The molecule has 2 nitrogen and oxygen atoms in total. The zero-order valence-electron chi connectivity index (χ0n) is 42.7. The van der Waals surface area contributed by atoms with E-state index in [1.54, 1.807) is 0 Å². The average Bonchev–Trinajstić information content (AvgIpc) is 3.32. The fourth-order valence-corrected chi connectivity index (χ4v) is 13.7. The minimum absolute atomic E-state index is 0.266. The third-order valence-electron chi connectivity index (χ3n) is 17.0. The van der Waals surface area contributed by atoms with Crippen LogP contribution in [0.2, 0.25) is 0 Å². The van der Waals surface area contributed by atoms with Crippen LogP contribution in [0.1, 0.15) is 324 Å². The third-order valence-corrected chi connectivity index (χ3v) is 17.0. The van der Waals surface area contributed by atoms with Crippen LogP contribution >= 0.6 is 0 Å². The number of ether oxygens (including phenoxy) is 1. The molecule has 1 aliphatic heterocycles. The number of cyclic esters (lactones) is 1. The minimum Gasteiger partial charge on any atom is -0.465 e. The molecule has 2 heteroatoms. The van der Waals surface area contributed by atoms with Crippen molar-refractivity contribution in [1.82, 2.24) is 0 Å². The largest absolute Gasteiger partial charge is 0.465 e. The summed E-state index contributed by atoms with van der Waals surface area (Å²) in [5, 5.41) is 0. The van der Waals surface area contributed by atoms with Gasteiger partial charge in [0.25, 0.3) is 0 Å². The second-order valence-corrected chi connectivity index (χ2v) is 22.7. The van der Waals surface area contributed by atoms with Gasteiger partial charge in [-0.1, -0.05) is 266 Å². The second kappa shape index (κ2) is 34.8. The molecule has 360 valence electrons. The fraction of sp³-hybridized carbons (Fsp3) is 0.983. The van der Waals surface area contributed by atoms with Gasteiger partial charge in [0.05, 0.1) is 12.0 Å². The maximum Gasteiger partial charge on any atom is 0.312 e. The first kappa shape index (κ1) is 54.8. The van der Waals surface area contributed by atoms with Gasteiger partial charge >= 0.3 is 5.97 Å². The Morgan fingerprint density at radius 1 is 0.361 bits per heavy atom. The van der Waals surface area contributed by atoms with Crippen molar-refractivity contribution in [2.45, 2.75) is 324 Å². The van der Waals surface area contributed by atoms with Crippen LogP contribution < -0.4 is 0 Å². The minimum atomic E-state index is -0.266. The maximum absolute atomic E-state index is 15.6. The smallest absolute Gasteiger partial charge is 0.312 e. The number of carbonyl (C=O) groups is 1. The lowest BCUT2D eigenvalue weighted by molar-refractivity contribution is -0.169. The van der Waals surface area contributed by atoms with Gasteiger partial charge < -0.3 is 4.74 Å². The number of fused-ring (bicyclic) bond motifs is 5. The van der Waals surface area contributed by atoms with E-state index in [1.807, 2.05) is 0 Å². The normalized spacial score (nSPS) is 26.9. The third kappa shape index (κ3) is 22.5. The van der Waals surface area contributed by atoms with Crippen molar-refractivity contribution in [3.8, 4) is 0 Å². The molecule has 2 bridgehead atoms. The molecule has 4 fully saturated rings. The van der Waals surface area contributed by atoms with Gasteiger partial charge in [-0.05, 0) is 92.8 Å². The Bertz CT molecular complexity index is 988. The Morgan fingerprint density at radius 2 is 0.656 bits per heavy atom. The predicted octanol–water partition coefficient (Wildman–Crippen LogP) is 20.3. The summed E-state index contributed by atoms with van der Waals surface area (Å²) in [5.74, 6) is 3.54. The summed E-state index contributed by atoms with van der Waals surface area (Å²) in [5.41, 5.74) is 0.167. The molecule has 3 saturated carbocycles. The Morgan fingerprint density at radius 3 is 1.05 bits per heavy atom. The summed E-state index contributed by atoms with van der Waals surface area (Å²) in [6.45, 7) is 12.4. The summed E-state index contributed by atoms with van der Waals surface area (Å²) in [4.78, 5) is 15.6. The van der Waals surface area contributed by atoms with Crippen molar-refractivity contribution in [1.29, 1.82) is 0 Å². The molecule has 1 saturated heterocycles. The first-order chi connectivity index (χ1) is 29.9. The average molecular weight is 854 g/mol. The SMILES string of the molecule is CCCCCCCCCCCC1CC(CCCCCCCC)CC23CC(CCCCCCCC)COC(=O)C1(CC(CCCCCCCC)C2)CC(CCCCCCCC)C3. The van der Waals surface area contributed by atoms with E-state index in [2.05, 4.69) is 34.6 Å². The summed E-state index contributed by atoms with van der Waals surface area (Å²) < 4.78 is 6.93. The molecule has 4 rings (SSSR count). The Hall–Kier alpha value is -0.530. The number of esters is 1. The van der Waals surface area contributed by atoms with Crippen LogP contribution in [0.15, 0.2) is 0 Å². The highest BCUT2D eigenvalue weighted by molar-refractivity contribution is 5.77. The van der Waals surface area contributed by atoms with Gasteiger partial charge in [0.1, 0.15) is 0 Å². The van der Waals surface area contributed by atoms with Crippen molar-refractivity contribution < 1.29 is 9.53 Å². The van der Waals surface area contributed by atoms with Crippen LogP contribution in [-0.4, -0.2) is 12.6 Å². The van der Waals surface area contributed by atoms with Crippen LogP contribution in [0.3, 0.4) is 0 Å². The molecule has 0 aromatic carbocycles. The van der Waals surface area contributed by atoms with E-state index < -0.39 is 0 Å². The van der Waals surface area contributed by atoms with E-state index in [9.17, 15) is 0 Å². The van der Waals surface area contributed by atoms with Crippen molar-refractivity contribution in [3.63, 3.8) is 0 Å². The van der Waals surface area contributed by atoms with E-state index in [-0.39, 0.29) is 5.41 Å². The van der Waals surface area contributed by atoms with Crippen LogP contribution in [0.25, 0.3) is 0 Å². The van der Waals surface area contributed by atoms with Crippen molar-refractivity contribution in [3.05, 3.63) is 0 Å². The monoisotopic (exact) mass is 853 g/mol. The molecule has 0 aromatic rings. The summed E-state index contributed by atoms with van der Waals surface area (Å²) in [6.07, 6.45) is 61.7. The topological polar surface area (TPSA) is 26.3 Å². The number of rotatable bonds is 38. The van der Waals surface area contributed by atoms with Gasteiger partial charge in [-0.2, -0.15) is 0 Å². The van der Waals surface area contributed by atoms with Crippen molar-refractivity contribution >= 4 is 5.97 Å². The molecule has 0 aromatic heterocycles. The van der Waals surface area contributed by atoms with Gasteiger partial charge in [0, 0.05) is 0 Å². The summed E-state index contributed by atoms with van der Waals surface area (Å²) in [7, 11) is 0. The van der Waals surface area contributed by atoms with E-state index in [4.69, 9.17) is 4.74 Å². The van der Waals surface area contributed by atoms with Gasteiger partial charge in [-0.3, -0.25) is 4.79 Å². The lowest BCUT2D eigenvalue weighted by atomic mass is 9.56. The lowest BCUT2D eigenvalue weighted by Crippen LogP contribution is -2.47. The summed E-state index contributed by atoms with van der Waals surface area (Å²) >= 11 is 0. The zero-order chi connectivity index (χ0) is 43.7. The van der Waals surface area contributed by atoms with Crippen LogP contribution in [-0.2, 0) is 9.53 Å². The highest BCUT2D eigenvalue weighted by Gasteiger charge is 2.55. The predicted molar refractivity (Wildman–Crippen MR) is 269 cm³/mol. The first-order valence-electron chi connectivity index (χ1n) is 29.1. The van der Waals surface area contributed by atoms with E-state index in [0.29, 0.717) is 41.7 Å². The van der Waals surface area contributed by atoms with E-state index >= 15 is 4.79 Å². The Balaban J connectivity index is 2.01. The number of hydrogen-bond acceptors (Lipinski definition) is 2. The van der Waals surface area contributed by atoms with Crippen LogP contribution in [0.4, 0.5) is 0 Å². The van der Waals surface area contributed by atoms with Crippen LogP contribution in [0, 0.1) is 40.4 Å². The molecule has 0 spiro atoms. The number of unbranched alkanes of at least 4 members (excludes halogenated alkanes) is 28. The molecule has 1 heterocycles.